The van der Waals surface area contributed by atoms with Crippen LogP contribution >= 0.6 is 11.6 Å². The molecule has 162 valence electrons. The van der Waals surface area contributed by atoms with Gasteiger partial charge < -0.3 is 14.2 Å². The van der Waals surface area contributed by atoms with Crippen LogP contribution in [-0.4, -0.2) is 22.5 Å². The Hall–Kier alpha value is -3.50. The standard InChI is InChI=1S/C27H25ClN2O2/c1-32-24-13-7-11-22(17-24)19-29-16-8-12-23(29)20-30(18-21-9-3-2-4-10-21)27(31)25-14-5-6-15-26(25)28/h2-17H,18-20H2,1H3. The number of carbonyl (C=O) groups is 1. The number of aromatic nitrogens is 1. The first kappa shape index (κ1) is 21.7. The number of benzene rings is 3. The molecule has 0 bridgehead atoms. The van der Waals surface area contributed by atoms with Crippen molar-refractivity contribution in [2.75, 3.05) is 7.11 Å². The average Bonchev–Trinajstić information content (AvgIpc) is 3.25. The molecule has 32 heavy (non-hydrogen) atoms. The van der Waals surface area contributed by atoms with E-state index in [2.05, 4.69) is 16.7 Å². The summed E-state index contributed by atoms with van der Waals surface area (Å²) in [5.74, 6) is 0.740. The number of nitrogens with zero attached hydrogens (tertiary/aromatic N) is 2. The van der Waals surface area contributed by atoms with Gasteiger partial charge in [-0.05, 0) is 47.5 Å². The Bertz CT molecular complexity index is 1190. The van der Waals surface area contributed by atoms with Gasteiger partial charge >= 0.3 is 0 Å². The number of methoxy groups -OCH3 is 1. The molecule has 0 fully saturated rings. The maximum absolute atomic E-state index is 13.5. The topological polar surface area (TPSA) is 34.5 Å². The van der Waals surface area contributed by atoms with Gasteiger partial charge in [0.2, 0.25) is 0 Å². The summed E-state index contributed by atoms with van der Waals surface area (Å²) in [7, 11) is 1.67. The lowest BCUT2D eigenvalue weighted by atomic mass is 10.1. The smallest absolute Gasteiger partial charge is 0.256 e. The van der Waals surface area contributed by atoms with Crippen LogP contribution in [-0.2, 0) is 19.6 Å². The number of hydrogen-bond acceptors (Lipinski definition) is 2. The molecule has 1 aromatic heterocycles. The summed E-state index contributed by atoms with van der Waals surface area (Å²) >= 11 is 6.35. The van der Waals surface area contributed by atoms with Crippen LogP contribution in [0.4, 0.5) is 0 Å². The Morgan fingerprint density at radius 3 is 2.41 bits per heavy atom. The molecule has 0 aliphatic carbocycles. The summed E-state index contributed by atoms with van der Waals surface area (Å²) in [6.07, 6.45) is 2.04. The fourth-order valence-electron chi connectivity index (χ4n) is 3.72. The molecule has 4 nitrogen and oxygen atoms in total. The third kappa shape index (κ3) is 5.21. The highest BCUT2D eigenvalue weighted by molar-refractivity contribution is 6.33. The van der Waals surface area contributed by atoms with Crippen LogP contribution in [0.25, 0.3) is 0 Å². The molecule has 0 unspecified atom stereocenters. The third-order valence-electron chi connectivity index (χ3n) is 5.37. The molecule has 0 radical (unpaired) electrons. The third-order valence-corrected chi connectivity index (χ3v) is 5.70. The van der Waals surface area contributed by atoms with Gasteiger partial charge in [-0.3, -0.25) is 4.79 Å². The van der Waals surface area contributed by atoms with Crippen LogP contribution in [0.5, 0.6) is 5.75 Å². The van der Waals surface area contributed by atoms with Gasteiger partial charge in [-0.2, -0.15) is 0 Å². The fraction of sp³-hybridized carbons (Fsp3) is 0.148. The van der Waals surface area contributed by atoms with E-state index in [4.69, 9.17) is 16.3 Å². The Kier molecular flexibility index (Phi) is 6.93. The van der Waals surface area contributed by atoms with E-state index in [0.717, 1.165) is 22.6 Å². The molecule has 4 rings (SSSR count). The zero-order valence-corrected chi connectivity index (χ0v) is 18.7. The van der Waals surface area contributed by atoms with E-state index >= 15 is 0 Å². The quantitative estimate of drug-likeness (QED) is 0.332. The van der Waals surface area contributed by atoms with Crippen molar-refractivity contribution in [3.8, 4) is 5.75 Å². The lowest BCUT2D eigenvalue weighted by Gasteiger charge is -2.24. The first-order valence-corrected chi connectivity index (χ1v) is 10.9. The molecular formula is C27H25ClN2O2. The summed E-state index contributed by atoms with van der Waals surface area (Å²) in [4.78, 5) is 15.3. The van der Waals surface area contributed by atoms with Gasteiger partial charge in [-0.15, -0.1) is 0 Å². The van der Waals surface area contributed by atoms with Crippen molar-refractivity contribution < 1.29 is 9.53 Å². The van der Waals surface area contributed by atoms with E-state index in [1.54, 1.807) is 19.2 Å². The fourth-order valence-corrected chi connectivity index (χ4v) is 3.94. The van der Waals surface area contributed by atoms with Crippen molar-refractivity contribution in [3.05, 3.63) is 125 Å². The summed E-state index contributed by atoms with van der Waals surface area (Å²) in [6, 6.07) is 29.3. The highest BCUT2D eigenvalue weighted by atomic mass is 35.5. The monoisotopic (exact) mass is 444 g/mol. The molecule has 0 N–H and O–H groups in total. The van der Waals surface area contributed by atoms with Crippen LogP contribution in [0.1, 0.15) is 27.2 Å². The average molecular weight is 445 g/mol. The van der Waals surface area contributed by atoms with Crippen LogP contribution in [0, 0.1) is 0 Å². The van der Waals surface area contributed by atoms with Gasteiger partial charge in [0.15, 0.2) is 0 Å². The van der Waals surface area contributed by atoms with E-state index in [9.17, 15) is 4.79 Å². The maximum Gasteiger partial charge on any atom is 0.256 e. The molecule has 1 amide bonds. The first-order valence-electron chi connectivity index (χ1n) is 10.5. The number of rotatable bonds is 8. The number of hydrogen-bond donors (Lipinski definition) is 0. The van der Waals surface area contributed by atoms with E-state index in [1.165, 1.54) is 0 Å². The van der Waals surface area contributed by atoms with Crippen molar-refractivity contribution in [1.82, 2.24) is 9.47 Å². The minimum absolute atomic E-state index is 0.0893. The molecule has 0 saturated heterocycles. The normalized spacial score (nSPS) is 10.7. The molecule has 5 heteroatoms. The Morgan fingerprint density at radius 1 is 0.875 bits per heavy atom. The Balaban J connectivity index is 1.61. The van der Waals surface area contributed by atoms with E-state index < -0.39 is 0 Å². The maximum atomic E-state index is 13.5. The van der Waals surface area contributed by atoms with E-state index in [1.807, 2.05) is 77.8 Å². The Morgan fingerprint density at radius 2 is 1.62 bits per heavy atom. The summed E-state index contributed by atoms with van der Waals surface area (Å²) in [6.45, 7) is 1.66. The number of ether oxygens (including phenoxy) is 1. The van der Waals surface area contributed by atoms with Gasteiger partial charge in [-0.25, -0.2) is 0 Å². The lowest BCUT2D eigenvalue weighted by Crippen LogP contribution is -2.31. The minimum Gasteiger partial charge on any atom is -0.497 e. The van der Waals surface area contributed by atoms with Gasteiger partial charge in [0.1, 0.15) is 5.75 Å². The van der Waals surface area contributed by atoms with Crippen molar-refractivity contribution in [3.63, 3.8) is 0 Å². The summed E-state index contributed by atoms with van der Waals surface area (Å²) < 4.78 is 7.51. The molecule has 0 aliphatic heterocycles. The minimum atomic E-state index is -0.0893. The second kappa shape index (κ2) is 10.2. The molecule has 1 heterocycles. The van der Waals surface area contributed by atoms with Crippen molar-refractivity contribution in [2.24, 2.45) is 0 Å². The molecule has 3 aromatic carbocycles. The molecule has 0 aliphatic rings. The summed E-state index contributed by atoms with van der Waals surface area (Å²) in [5.41, 5.74) is 3.76. The predicted octanol–water partition coefficient (Wildman–Crippen LogP) is 6.04. The SMILES string of the molecule is COc1cccc(Cn2cccc2CN(Cc2ccccc2)C(=O)c2ccccc2Cl)c1. The summed E-state index contributed by atoms with van der Waals surface area (Å²) in [5, 5.41) is 0.460. The Labute approximate surface area is 193 Å². The lowest BCUT2D eigenvalue weighted by molar-refractivity contribution is 0.0726. The number of halogens is 1. The van der Waals surface area contributed by atoms with Crippen LogP contribution in [0.15, 0.2) is 97.2 Å². The van der Waals surface area contributed by atoms with Crippen LogP contribution < -0.4 is 4.74 Å². The molecule has 0 atom stereocenters. The van der Waals surface area contributed by atoms with Crippen LogP contribution in [0.3, 0.4) is 0 Å². The van der Waals surface area contributed by atoms with Crippen LogP contribution in [0.2, 0.25) is 5.02 Å². The highest BCUT2D eigenvalue weighted by Gasteiger charge is 2.20. The van der Waals surface area contributed by atoms with Crippen molar-refractivity contribution in [1.29, 1.82) is 0 Å². The van der Waals surface area contributed by atoms with E-state index in [0.29, 0.717) is 30.2 Å². The second-order valence-corrected chi connectivity index (χ2v) is 8.01. The zero-order chi connectivity index (χ0) is 22.3. The van der Waals surface area contributed by atoms with Gasteiger partial charge in [0.25, 0.3) is 5.91 Å². The van der Waals surface area contributed by atoms with Gasteiger partial charge in [0.05, 0.1) is 24.2 Å². The molecule has 4 aromatic rings. The first-order chi connectivity index (χ1) is 15.6. The molecule has 0 spiro atoms. The second-order valence-electron chi connectivity index (χ2n) is 7.61. The molecule has 0 saturated carbocycles. The van der Waals surface area contributed by atoms with Gasteiger partial charge in [-0.1, -0.05) is 66.2 Å². The largest absolute Gasteiger partial charge is 0.497 e. The van der Waals surface area contributed by atoms with Gasteiger partial charge in [0, 0.05) is 25.0 Å². The zero-order valence-electron chi connectivity index (χ0n) is 17.9. The number of carbonyl (C=O) groups excluding carboxylic acids is 1. The highest BCUT2D eigenvalue weighted by Crippen LogP contribution is 2.21. The molecular weight excluding hydrogens is 420 g/mol. The van der Waals surface area contributed by atoms with Crippen molar-refractivity contribution in [2.45, 2.75) is 19.6 Å². The predicted molar refractivity (Wildman–Crippen MR) is 128 cm³/mol. The van der Waals surface area contributed by atoms with Crippen molar-refractivity contribution >= 4 is 17.5 Å². The van der Waals surface area contributed by atoms with E-state index in [-0.39, 0.29) is 5.91 Å². The number of amides is 1.